The van der Waals surface area contributed by atoms with Gasteiger partial charge in [-0.05, 0) is 37.5 Å². The van der Waals surface area contributed by atoms with Crippen molar-refractivity contribution in [1.29, 1.82) is 0 Å². The predicted molar refractivity (Wildman–Crippen MR) is 62.7 cm³/mol. The molecule has 3 heteroatoms. The lowest BCUT2D eigenvalue weighted by Crippen LogP contribution is -2.26. The number of rotatable bonds is 2. The lowest BCUT2D eigenvalue weighted by molar-refractivity contribution is 0.445. The number of halogens is 2. The minimum atomic E-state index is 0. The molecule has 0 atom stereocenters. The van der Waals surface area contributed by atoms with E-state index in [0.29, 0.717) is 0 Å². The molecule has 1 fully saturated rings. The van der Waals surface area contributed by atoms with Gasteiger partial charge in [0.25, 0.3) is 0 Å². The van der Waals surface area contributed by atoms with E-state index in [0.717, 1.165) is 10.5 Å². The van der Waals surface area contributed by atoms with Crippen LogP contribution in [0.4, 0.5) is 5.69 Å². The third kappa shape index (κ3) is 2.89. The van der Waals surface area contributed by atoms with E-state index in [2.05, 4.69) is 39.4 Å². The van der Waals surface area contributed by atoms with Gasteiger partial charge in [-0.25, -0.2) is 0 Å². The first kappa shape index (κ1) is 10.9. The summed E-state index contributed by atoms with van der Waals surface area (Å²) in [6.45, 7) is 0. The molecule has 0 amide bonds. The Balaban J connectivity index is 0.000000845. The minimum absolute atomic E-state index is 0. The molecule has 1 nitrogen and oxygen atoms in total. The lowest BCUT2D eigenvalue weighted by Gasteiger charge is -2.27. The van der Waals surface area contributed by atoms with Crippen LogP contribution in [0.25, 0.3) is 0 Å². The van der Waals surface area contributed by atoms with Crippen LogP contribution in [0, 0.1) is 0 Å². The number of benzene rings is 1. The second-order valence-electron chi connectivity index (χ2n) is 3.28. The Morgan fingerprint density at radius 3 is 2.62 bits per heavy atom. The van der Waals surface area contributed by atoms with Crippen LogP contribution in [0.1, 0.15) is 19.3 Å². The smallest absolute Gasteiger partial charge is 0.0353 e. The Kier molecular flexibility index (Phi) is 4.07. The first-order valence-electron chi connectivity index (χ1n) is 4.37. The molecule has 0 aliphatic heterocycles. The van der Waals surface area contributed by atoms with E-state index in [1.807, 2.05) is 6.07 Å². The normalized spacial score (nSPS) is 15.8. The van der Waals surface area contributed by atoms with Crippen LogP contribution in [-0.4, -0.2) is 6.04 Å². The van der Waals surface area contributed by atoms with Crippen LogP contribution in [0.2, 0.25) is 0 Å². The number of nitrogens with one attached hydrogen (secondary N) is 1. The van der Waals surface area contributed by atoms with Gasteiger partial charge in [-0.3, -0.25) is 0 Å². The topological polar surface area (TPSA) is 12.0 Å². The second-order valence-corrected chi connectivity index (χ2v) is 4.20. The fourth-order valence-corrected chi connectivity index (χ4v) is 1.77. The van der Waals surface area contributed by atoms with Gasteiger partial charge < -0.3 is 5.32 Å². The zero-order valence-corrected chi connectivity index (χ0v) is 9.70. The highest BCUT2D eigenvalue weighted by molar-refractivity contribution is 9.10. The summed E-state index contributed by atoms with van der Waals surface area (Å²) in [4.78, 5) is 0. The molecule has 1 aliphatic rings. The van der Waals surface area contributed by atoms with E-state index in [4.69, 9.17) is 0 Å². The predicted octanol–water partition coefficient (Wildman–Crippen LogP) is 3.84. The standard InChI is InChI=1S/C10H12BrN.ClH/c11-8-3-1-6-10(7-8)12-9-4-2-5-9;/h1,3,6-7,9,12H,2,4-5H2;1H. The van der Waals surface area contributed by atoms with Crippen LogP contribution < -0.4 is 5.32 Å². The quantitative estimate of drug-likeness (QED) is 0.854. The number of anilines is 1. The van der Waals surface area contributed by atoms with Gasteiger partial charge in [0.15, 0.2) is 0 Å². The molecular weight excluding hydrogens is 249 g/mol. The maximum absolute atomic E-state index is 3.49. The first-order valence-corrected chi connectivity index (χ1v) is 5.16. The fraction of sp³-hybridized carbons (Fsp3) is 0.400. The highest BCUT2D eigenvalue weighted by Crippen LogP contribution is 2.24. The molecule has 0 spiro atoms. The van der Waals surface area contributed by atoms with Crippen LogP contribution in [0.5, 0.6) is 0 Å². The van der Waals surface area contributed by atoms with Crippen LogP contribution >= 0.6 is 28.3 Å². The molecule has 1 N–H and O–H groups in total. The highest BCUT2D eigenvalue weighted by atomic mass is 79.9. The van der Waals surface area contributed by atoms with E-state index >= 15 is 0 Å². The van der Waals surface area contributed by atoms with Gasteiger partial charge in [0, 0.05) is 16.2 Å². The van der Waals surface area contributed by atoms with Crippen molar-refractivity contribution in [3.8, 4) is 0 Å². The summed E-state index contributed by atoms with van der Waals surface area (Å²) < 4.78 is 1.15. The number of hydrogen-bond acceptors (Lipinski definition) is 1. The monoisotopic (exact) mass is 261 g/mol. The Hall–Kier alpha value is -0.210. The molecule has 2 rings (SSSR count). The Bertz CT molecular complexity index is 273. The van der Waals surface area contributed by atoms with Gasteiger partial charge in [0.1, 0.15) is 0 Å². The lowest BCUT2D eigenvalue weighted by atomic mass is 9.93. The van der Waals surface area contributed by atoms with Gasteiger partial charge in [0.05, 0.1) is 0 Å². The van der Waals surface area contributed by atoms with E-state index in [1.54, 1.807) is 0 Å². The van der Waals surface area contributed by atoms with Gasteiger partial charge in [-0.15, -0.1) is 12.4 Å². The summed E-state index contributed by atoms with van der Waals surface area (Å²) in [6.07, 6.45) is 4.03. The van der Waals surface area contributed by atoms with E-state index in [9.17, 15) is 0 Å². The minimum Gasteiger partial charge on any atom is -0.382 e. The molecule has 1 aromatic rings. The van der Waals surface area contributed by atoms with Gasteiger partial charge in [-0.1, -0.05) is 22.0 Å². The van der Waals surface area contributed by atoms with Crippen molar-refractivity contribution in [2.45, 2.75) is 25.3 Å². The SMILES string of the molecule is Brc1cccc(NC2CCC2)c1.Cl. The molecule has 0 heterocycles. The second kappa shape index (κ2) is 4.87. The number of hydrogen-bond donors (Lipinski definition) is 1. The summed E-state index contributed by atoms with van der Waals surface area (Å²) in [5, 5.41) is 3.49. The zero-order chi connectivity index (χ0) is 8.39. The molecule has 0 saturated heterocycles. The molecular formula is C10H13BrClN. The summed E-state index contributed by atoms with van der Waals surface area (Å²) >= 11 is 3.45. The summed E-state index contributed by atoms with van der Waals surface area (Å²) in [5.41, 5.74) is 1.23. The molecule has 72 valence electrons. The molecule has 13 heavy (non-hydrogen) atoms. The Morgan fingerprint density at radius 1 is 1.31 bits per heavy atom. The van der Waals surface area contributed by atoms with Gasteiger partial charge in [0.2, 0.25) is 0 Å². The molecule has 1 aliphatic carbocycles. The van der Waals surface area contributed by atoms with Crippen LogP contribution in [0.15, 0.2) is 28.7 Å². The maximum atomic E-state index is 3.49. The Morgan fingerprint density at radius 2 is 2.08 bits per heavy atom. The van der Waals surface area contributed by atoms with E-state index in [1.165, 1.54) is 24.9 Å². The molecule has 0 unspecified atom stereocenters. The first-order chi connectivity index (χ1) is 5.84. The zero-order valence-electron chi connectivity index (χ0n) is 7.29. The molecule has 0 bridgehead atoms. The molecule has 1 aromatic carbocycles. The third-order valence-electron chi connectivity index (χ3n) is 2.30. The third-order valence-corrected chi connectivity index (χ3v) is 2.79. The van der Waals surface area contributed by atoms with E-state index < -0.39 is 0 Å². The molecule has 0 aromatic heterocycles. The van der Waals surface area contributed by atoms with Gasteiger partial charge >= 0.3 is 0 Å². The Labute approximate surface area is 93.5 Å². The van der Waals surface area contributed by atoms with Crippen molar-refractivity contribution in [3.63, 3.8) is 0 Å². The molecule has 1 saturated carbocycles. The van der Waals surface area contributed by atoms with E-state index in [-0.39, 0.29) is 12.4 Å². The van der Waals surface area contributed by atoms with Crippen LogP contribution in [-0.2, 0) is 0 Å². The fourth-order valence-electron chi connectivity index (χ4n) is 1.37. The largest absolute Gasteiger partial charge is 0.382 e. The summed E-state index contributed by atoms with van der Waals surface area (Å²) in [6, 6.07) is 9.07. The summed E-state index contributed by atoms with van der Waals surface area (Å²) in [5.74, 6) is 0. The average Bonchev–Trinajstić information content (AvgIpc) is 1.97. The average molecular weight is 263 g/mol. The maximum Gasteiger partial charge on any atom is 0.0353 e. The van der Waals surface area contributed by atoms with Crippen molar-refractivity contribution in [3.05, 3.63) is 28.7 Å². The van der Waals surface area contributed by atoms with Gasteiger partial charge in [-0.2, -0.15) is 0 Å². The van der Waals surface area contributed by atoms with Crippen molar-refractivity contribution in [1.82, 2.24) is 0 Å². The summed E-state index contributed by atoms with van der Waals surface area (Å²) in [7, 11) is 0. The van der Waals surface area contributed by atoms with Crippen molar-refractivity contribution in [2.24, 2.45) is 0 Å². The van der Waals surface area contributed by atoms with Crippen LogP contribution in [0.3, 0.4) is 0 Å². The molecule has 0 radical (unpaired) electrons. The highest BCUT2D eigenvalue weighted by Gasteiger charge is 2.16. The van der Waals surface area contributed by atoms with Crippen molar-refractivity contribution in [2.75, 3.05) is 5.32 Å². The van der Waals surface area contributed by atoms with Crippen molar-refractivity contribution >= 4 is 34.0 Å². The van der Waals surface area contributed by atoms with Crippen molar-refractivity contribution < 1.29 is 0 Å².